The quantitative estimate of drug-likeness (QED) is 0.868. The summed E-state index contributed by atoms with van der Waals surface area (Å²) in [5.74, 6) is 0.711. The van der Waals surface area contributed by atoms with E-state index in [1.54, 1.807) is 0 Å². The first-order chi connectivity index (χ1) is 6.77. The summed E-state index contributed by atoms with van der Waals surface area (Å²) < 4.78 is 1.02. The first kappa shape index (κ1) is 9.94. The molecule has 1 N–H and O–H groups in total. The first-order valence-electron chi connectivity index (χ1n) is 4.89. The molecule has 1 fully saturated rings. The van der Waals surface area contributed by atoms with E-state index in [2.05, 4.69) is 58.2 Å². The molecule has 1 aliphatic carbocycles. The van der Waals surface area contributed by atoms with E-state index in [4.69, 9.17) is 0 Å². The maximum atomic E-state index is 3.81. The number of rotatable bonds is 4. The molecule has 1 saturated carbocycles. The molecule has 0 saturated heterocycles. The molecule has 2 atom stereocenters. The summed E-state index contributed by atoms with van der Waals surface area (Å²) in [4.78, 5) is 0. The fourth-order valence-corrected chi connectivity index (χ4v) is 1.89. The van der Waals surface area contributed by atoms with E-state index >= 15 is 0 Å². The van der Waals surface area contributed by atoms with Crippen LogP contribution in [-0.2, 0) is 0 Å². The summed E-state index contributed by atoms with van der Waals surface area (Å²) in [5, 5.41) is 3.46. The Hall–Kier alpha value is -0.600. The molecule has 1 nitrogen and oxygen atoms in total. The Morgan fingerprint density at radius 1 is 1.43 bits per heavy atom. The predicted molar refractivity (Wildman–Crippen MR) is 63.7 cm³/mol. The van der Waals surface area contributed by atoms with E-state index in [9.17, 15) is 0 Å². The van der Waals surface area contributed by atoms with Gasteiger partial charge in [-0.25, -0.2) is 0 Å². The van der Waals surface area contributed by atoms with Crippen LogP contribution in [-0.4, -0.2) is 12.6 Å². The third kappa shape index (κ3) is 2.46. The summed E-state index contributed by atoms with van der Waals surface area (Å²) in [6.45, 7) is 4.68. The lowest BCUT2D eigenvalue weighted by atomic mass is 10.1. The van der Waals surface area contributed by atoms with Crippen molar-refractivity contribution in [3.05, 3.63) is 47.0 Å². The van der Waals surface area contributed by atoms with Crippen LogP contribution in [0, 0.1) is 0 Å². The van der Waals surface area contributed by atoms with Gasteiger partial charge in [-0.1, -0.05) is 52.8 Å². The largest absolute Gasteiger partial charge is 0.309 e. The van der Waals surface area contributed by atoms with Crippen LogP contribution in [0.25, 0.3) is 0 Å². The van der Waals surface area contributed by atoms with E-state index in [0.29, 0.717) is 12.0 Å². The van der Waals surface area contributed by atoms with Crippen LogP contribution in [0.5, 0.6) is 0 Å². The van der Waals surface area contributed by atoms with Gasteiger partial charge < -0.3 is 5.32 Å². The van der Waals surface area contributed by atoms with Crippen molar-refractivity contribution in [1.82, 2.24) is 5.32 Å². The zero-order chi connectivity index (χ0) is 9.97. The molecule has 0 aliphatic heterocycles. The number of halogens is 1. The molecule has 1 aliphatic rings. The Morgan fingerprint density at radius 3 is 2.79 bits per heavy atom. The summed E-state index contributed by atoms with van der Waals surface area (Å²) in [6, 6.07) is 11.3. The predicted octanol–water partition coefficient (Wildman–Crippen LogP) is 3.04. The molecule has 14 heavy (non-hydrogen) atoms. The standard InChI is InChI=1S/C12H14BrN/c1-9(13)8-14-12-7-11(12)10-5-3-2-4-6-10/h2-6,11-12,14H,1,7-8H2. The van der Waals surface area contributed by atoms with E-state index in [1.165, 1.54) is 12.0 Å². The second kappa shape index (κ2) is 4.28. The SMILES string of the molecule is C=C(Br)CNC1CC1c1ccccc1. The smallest absolute Gasteiger partial charge is 0.0268 e. The molecule has 0 heterocycles. The number of hydrogen-bond donors (Lipinski definition) is 1. The zero-order valence-electron chi connectivity index (χ0n) is 8.04. The molecule has 1 aromatic rings. The fourth-order valence-electron chi connectivity index (χ4n) is 1.73. The van der Waals surface area contributed by atoms with Crippen molar-refractivity contribution >= 4 is 15.9 Å². The van der Waals surface area contributed by atoms with Gasteiger partial charge in [0.2, 0.25) is 0 Å². The fraction of sp³-hybridized carbons (Fsp3) is 0.333. The molecule has 2 rings (SSSR count). The topological polar surface area (TPSA) is 12.0 Å². The van der Waals surface area contributed by atoms with E-state index in [-0.39, 0.29) is 0 Å². The highest BCUT2D eigenvalue weighted by molar-refractivity contribution is 9.11. The normalized spacial score (nSPS) is 24.6. The van der Waals surface area contributed by atoms with Crippen LogP contribution in [0.2, 0.25) is 0 Å². The van der Waals surface area contributed by atoms with Gasteiger partial charge in [-0.15, -0.1) is 0 Å². The number of benzene rings is 1. The Balaban J connectivity index is 1.85. The molecule has 2 heteroatoms. The summed E-state index contributed by atoms with van der Waals surface area (Å²) in [6.07, 6.45) is 1.25. The van der Waals surface area contributed by atoms with Gasteiger partial charge in [0, 0.05) is 23.0 Å². The molecule has 0 bridgehead atoms. The van der Waals surface area contributed by atoms with Crippen LogP contribution in [0.4, 0.5) is 0 Å². The van der Waals surface area contributed by atoms with Gasteiger partial charge in [-0.3, -0.25) is 0 Å². The van der Waals surface area contributed by atoms with Gasteiger partial charge in [0.05, 0.1) is 0 Å². The number of hydrogen-bond acceptors (Lipinski definition) is 1. The van der Waals surface area contributed by atoms with Crippen molar-refractivity contribution in [3.8, 4) is 0 Å². The second-order valence-electron chi connectivity index (χ2n) is 3.76. The van der Waals surface area contributed by atoms with Gasteiger partial charge in [-0.05, 0) is 12.0 Å². The van der Waals surface area contributed by atoms with Gasteiger partial charge >= 0.3 is 0 Å². The highest BCUT2D eigenvalue weighted by atomic mass is 79.9. The summed E-state index contributed by atoms with van der Waals surface area (Å²) in [5.41, 5.74) is 1.45. The van der Waals surface area contributed by atoms with Crippen molar-refractivity contribution in [3.63, 3.8) is 0 Å². The highest BCUT2D eigenvalue weighted by Crippen LogP contribution is 2.40. The minimum absolute atomic E-state index is 0.645. The van der Waals surface area contributed by atoms with Crippen molar-refractivity contribution in [2.75, 3.05) is 6.54 Å². The molecule has 0 amide bonds. The molecule has 0 spiro atoms. The first-order valence-corrected chi connectivity index (χ1v) is 5.68. The highest BCUT2D eigenvalue weighted by Gasteiger charge is 2.37. The van der Waals surface area contributed by atoms with Crippen LogP contribution in [0.3, 0.4) is 0 Å². The molecular formula is C12H14BrN. The minimum Gasteiger partial charge on any atom is -0.309 e. The van der Waals surface area contributed by atoms with Crippen molar-refractivity contribution in [2.24, 2.45) is 0 Å². The maximum Gasteiger partial charge on any atom is 0.0268 e. The minimum atomic E-state index is 0.645. The van der Waals surface area contributed by atoms with Gasteiger partial charge in [-0.2, -0.15) is 0 Å². The molecule has 0 radical (unpaired) electrons. The van der Waals surface area contributed by atoms with Gasteiger partial charge in [0.25, 0.3) is 0 Å². The van der Waals surface area contributed by atoms with Gasteiger partial charge in [0.15, 0.2) is 0 Å². The van der Waals surface area contributed by atoms with Crippen molar-refractivity contribution in [2.45, 2.75) is 18.4 Å². The Morgan fingerprint density at radius 2 is 2.14 bits per heavy atom. The second-order valence-corrected chi connectivity index (χ2v) is 4.88. The Kier molecular flexibility index (Phi) is 3.04. The molecule has 0 aromatic heterocycles. The summed E-state index contributed by atoms with van der Waals surface area (Å²) >= 11 is 3.35. The maximum absolute atomic E-state index is 3.81. The lowest BCUT2D eigenvalue weighted by Gasteiger charge is -2.02. The zero-order valence-corrected chi connectivity index (χ0v) is 9.63. The molecule has 1 aromatic carbocycles. The molecule has 2 unspecified atom stereocenters. The van der Waals surface area contributed by atoms with E-state index in [1.807, 2.05) is 0 Å². The molecular weight excluding hydrogens is 238 g/mol. The van der Waals surface area contributed by atoms with Crippen LogP contribution < -0.4 is 5.32 Å². The van der Waals surface area contributed by atoms with Crippen LogP contribution >= 0.6 is 15.9 Å². The van der Waals surface area contributed by atoms with Crippen molar-refractivity contribution < 1.29 is 0 Å². The average Bonchev–Trinajstić information content (AvgIpc) is 2.95. The van der Waals surface area contributed by atoms with E-state index < -0.39 is 0 Å². The Bertz CT molecular complexity index is 320. The number of nitrogens with one attached hydrogen (secondary N) is 1. The molecule has 74 valence electrons. The van der Waals surface area contributed by atoms with E-state index in [0.717, 1.165) is 11.0 Å². The monoisotopic (exact) mass is 251 g/mol. The lowest BCUT2D eigenvalue weighted by Crippen LogP contribution is -2.18. The Labute approximate surface area is 93.3 Å². The third-order valence-electron chi connectivity index (χ3n) is 2.57. The summed E-state index contributed by atoms with van der Waals surface area (Å²) in [7, 11) is 0. The van der Waals surface area contributed by atoms with Crippen LogP contribution in [0.1, 0.15) is 17.9 Å². The third-order valence-corrected chi connectivity index (χ3v) is 2.85. The van der Waals surface area contributed by atoms with Crippen LogP contribution in [0.15, 0.2) is 41.4 Å². The van der Waals surface area contributed by atoms with Gasteiger partial charge in [0.1, 0.15) is 0 Å². The lowest BCUT2D eigenvalue weighted by molar-refractivity contribution is 0.730. The average molecular weight is 252 g/mol. The van der Waals surface area contributed by atoms with Crippen molar-refractivity contribution in [1.29, 1.82) is 0 Å².